The molecular weight excluding hydrogens is 520 g/mol. The van der Waals surface area contributed by atoms with Crippen LogP contribution in [-0.4, -0.2) is 73.6 Å². The Balaban J connectivity index is 1.73. The van der Waals surface area contributed by atoms with Gasteiger partial charge in [0.15, 0.2) is 11.4 Å². The van der Waals surface area contributed by atoms with Crippen molar-refractivity contribution in [2.24, 2.45) is 29.1 Å². The molecule has 0 bridgehead atoms. The maximum atomic E-state index is 13.2. The van der Waals surface area contributed by atoms with Gasteiger partial charge in [-0.3, -0.25) is 19.2 Å². The van der Waals surface area contributed by atoms with Crippen LogP contribution in [0.1, 0.15) is 66.7 Å². The van der Waals surface area contributed by atoms with Gasteiger partial charge in [-0.2, -0.15) is 0 Å². The van der Waals surface area contributed by atoms with Gasteiger partial charge in [-0.25, -0.2) is 0 Å². The van der Waals surface area contributed by atoms with E-state index in [2.05, 4.69) is 0 Å². The Labute approximate surface area is 233 Å². The summed E-state index contributed by atoms with van der Waals surface area (Å²) >= 11 is 0. The van der Waals surface area contributed by atoms with E-state index in [-0.39, 0.29) is 19.3 Å². The number of carboxylic acid groups (broad SMARTS) is 1. The molecule has 4 rings (SSSR count). The van der Waals surface area contributed by atoms with E-state index in [4.69, 9.17) is 14.6 Å². The molecule has 220 valence electrons. The fourth-order valence-corrected chi connectivity index (χ4v) is 7.91. The van der Waals surface area contributed by atoms with Crippen LogP contribution in [0.3, 0.4) is 0 Å². The van der Waals surface area contributed by atoms with Crippen LogP contribution in [0, 0.1) is 29.1 Å². The molecule has 0 radical (unpaired) electrons. The number of fused-ring (bicyclic) bond motifs is 5. The highest BCUT2D eigenvalue weighted by Gasteiger charge is 2.87. The quantitative estimate of drug-likeness (QED) is 0.242. The van der Waals surface area contributed by atoms with Crippen LogP contribution in [-0.2, 0) is 28.7 Å². The summed E-state index contributed by atoms with van der Waals surface area (Å²) in [4.78, 5) is 49.4. The number of ketones is 1. The van der Waals surface area contributed by atoms with E-state index in [1.165, 1.54) is 6.92 Å². The first-order valence-electron chi connectivity index (χ1n) is 13.8. The molecule has 0 heterocycles. The van der Waals surface area contributed by atoms with Gasteiger partial charge in [-0.1, -0.05) is 45.1 Å². The fourth-order valence-electron chi connectivity index (χ4n) is 7.91. The van der Waals surface area contributed by atoms with E-state index < -0.39 is 82.3 Å². The van der Waals surface area contributed by atoms with Crippen molar-refractivity contribution in [2.75, 3.05) is 6.61 Å². The lowest BCUT2D eigenvalue weighted by atomic mass is 9.59. The van der Waals surface area contributed by atoms with E-state index in [0.717, 1.165) is 0 Å². The second-order valence-corrected chi connectivity index (χ2v) is 12.4. The molecule has 8 atom stereocenters. The van der Waals surface area contributed by atoms with Crippen molar-refractivity contribution in [2.45, 2.75) is 89.6 Å². The number of hydrogen-bond donors (Lipinski definition) is 4. The van der Waals surface area contributed by atoms with Gasteiger partial charge in [0.2, 0.25) is 0 Å². The molecule has 1 unspecified atom stereocenters. The highest BCUT2D eigenvalue weighted by molar-refractivity contribution is 6.04. The van der Waals surface area contributed by atoms with Crippen LogP contribution >= 0.6 is 0 Å². The van der Waals surface area contributed by atoms with E-state index >= 15 is 0 Å². The Morgan fingerprint density at radius 2 is 1.73 bits per heavy atom. The molecule has 2 saturated carbocycles. The first kappa shape index (κ1) is 30.1. The molecule has 40 heavy (non-hydrogen) atoms. The predicted octanol–water partition coefficient (Wildman–Crippen LogP) is 2.25. The lowest BCUT2D eigenvalue weighted by Crippen LogP contribution is -2.66. The molecule has 0 aromatic carbocycles. The van der Waals surface area contributed by atoms with Crippen LogP contribution < -0.4 is 0 Å². The first-order valence-corrected chi connectivity index (χ1v) is 13.8. The number of carboxylic acids is 1. The fraction of sp³-hybridized carbons (Fsp3) is 0.667. The second kappa shape index (κ2) is 10.2. The lowest BCUT2D eigenvalue weighted by molar-refractivity contribution is -0.228. The molecule has 4 N–H and O–H groups in total. The minimum atomic E-state index is -1.98. The summed E-state index contributed by atoms with van der Waals surface area (Å²) in [6.45, 7) is 7.85. The van der Waals surface area contributed by atoms with Gasteiger partial charge < -0.3 is 29.9 Å². The van der Waals surface area contributed by atoms with Gasteiger partial charge in [0.25, 0.3) is 0 Å². The second-order valence-electron chi connectivity index (χ2n) is 12.4. The number of hydrogen-bond acceptors (Lipinski definition) is 9. The summed E-state index contributed by atoms with van der Waals surface area (Å²) in [6, 6.07) is 0. The molecule has 0 aromatic heterocycles. The molecule has 4 aliphatic rings. The smallest absolute Gasteiger partial charge is 0.306 e. The molecule has 0 amide bonds. The van der Waals surface area contributed by atoms with Crippen LogP contribution in [0.5, 0.6) is 0 Å². The highest BCUT2D eigenvalue weighted by Crippen LogP contribution is 2.77. The normalized spacial score (nSPS) is 39.3. The van der Waals surface area contributed by atoms with E-state index in [1.54, 1.807) is 38.2 Å². The molecule has 10 heteroatoms. The van der Waals surface area contributed by atoms with Crippen molar-refractivity contribution in [1.82, 2.24) is 0 Å². The molecule has 10 nitrogen and oxygen atoms in total. The number of allylic oxidation sites excluding steroid dienone is 2. The highest BCUT2D eigenvalue weighted by atomic mass is 16.6. The first-order chi connectivity index (χ1) is 18.6. The summed E-state index contributed by atoms with van der Waals surface area (Å²) in [6.07, 6.45) is 6.04. The minimum Gasteiger partial charge on any atom is -0.481 e. The van der Waals surface area contributed by atoms with Gasteiger partial charge >= 0.3 is 17.9 Å². The van der Waals surface area contributed by atoms with E-state index in [1.807, 2.05) is 13.8 Å². The maximum Gasteiger partial charge on any atom is 0.306 e. The zero-order chi connectivity index (χ0) is 29.8. The number of aliphatic carboxylic acids is 1. The van der Waals surface area contributed by atoms with Gasteiger partial charge in [0.05, 0.1) is 12.2 Å². The van der Waals surface area contributed by atoms with Gasteiger partial charge in [0.1, 0.15) is 11.7 Å². The van der Waals surface area contributed by atoms with E-state index in [9.17, 15) is 34.5 Å². The van der Waals surface area contributed by atoms with E-state index in [0.29, 0.717) is 24.0 Å². The summed E-state index contributed by atoms with van der Waals surface area (Å²) in [5, 5.41) is 43.3. The van der Waals surface area contributed by atoms with Crippen molar-refractivity contribution >= 4 is 23.7 Å². The third-order valence-corrected chi connectivity index (χ3v) is 9.74. The number of carbonyl (C=O) groups excluding carboxylic acids is 3. The van der Waals surface area contributed by atoms with Crippen LogP contribution in [0.15, 0.2) is 35.5 Å². The molecular formula is C30H40O10. The van der Waals surface area contributed by atoms with Gasteiger partial charge in [-0.15, -0.1) is 0 Å². The molecule has 4 aliphatic carbocycles. The average Bonchev–Trinajstić information content (AvgIpc) is 3.28. The van der Waals surface area contributed by atoms with Crippen LogP contribution in [0.4, 0.5) is 0 Å². The van der Waals surface area contributed by atoms with Crippen molar-refractivity contribution in [1.29, 1.82) is 0 Å². The van der Waals surface area contributed by atoms with Crippen LogP contribution in [0.2, 0.25) is 0 Å². The van der Waals surface area contributed by atoms with Crippen molar-refractivity contribution in [3.8, 4) is 0 Å². The Hall–Kier alpha value is -2.82. The molecule has 0 spiro atoms. The molecule has 2 fully saturated rings. The Morgan fingerprint density at radius 3 is 2.30 bits per heavy atom. The number of ether oxygens (including phenoxy) is 2. The average molecular weight is 561 g/mol. The summed E-state index contributed by atoms with van der Waals surface area (Å²) in [5.41, 5.74) is -5.08. The van der Waals surface area contributed by atoms with Gasteiger partial charge in [0, 0.05) is 55.3 Å². The number of aliphatic hydroxyl groups is 3. The third kappa shape index (κ3) is 4.35. The molecule has 0 aromatic rings. The monoisotopic (exact) mass is 560 g/mol. The largest absolute Gasteiger partial charge is 0.481 e. The van der Waals surface area contributed by atoms with Crippen molar-refractivity contribution in [3.63, 3.8) is 0 Å². The minimum absolute atomic E-state index is 0.0158. The molecule has 0 saturated heterocycles. The summed E-state index contributed by atoms with van der Waals surface area (Å²) < 4.78 is 12.0. The Morgan fingerprint density at radius 1 is 1.10 bits per heavy atom. The maximum absolute atomic E-state index is 13.2. The number of rotatable bonds is 9. The number of esters is 2. The number of carbonyl (C=O) groups is 4. The summed E-state index contributed by atoms with van der Waals surface area (Å²) in [7, 11) is 0. The van der Waals surface area contributed by atoms with Crippen molar-refractivity contribution < 1.29 is 49.1 Å². The molecule has 0 aliphatic heterocycles. The van der Waals surface area contributed by atoms with Crippen molar-refractivity contribution in [3.05, 3.63) is 35.5 Å². The van der Waals surface area contributed by atoms with Gasteiger partial charge in [-0.05, 0) is 30.9 Å². The predicted molar refractivity (Wildman–Crippen MR) is 141 cm³/mol. The standard InChI is InChI=1S/C30H40O10/c1-16-12-21-28(37,25(16)36)14-19(15-31)13-20-24-27(4,5)30(24,40-18(3)32)26(17(2)29(20,21)38)39-23(35)11-9-7-6-8-10-22(33)34/h6-7,12-13,17,20-21,24,26,31,37-38H,8-11,14-15H2,1-5H3,(H,33,34)/b7-6+/t17-,20+,21-,24?,26-,28-,29-,30-/m1/s1. The Kier molecular flexibility index (Phi) is 7.71. The Bertz CT molecular complexity index is 1200. The topological polar surface area (TPSA) is 168 Å². The number of Topliss-reactive ketones (excluding diaryl/α,β-unsaturated/α-hetero) is 1. The third-order valence-electron chi connectivity index (χ3n) is 9.74. The SMILES string of the molecule is CC(=O)O[C@]12C([C@@H]3C=C(CO)C[C@]4(O)C(=O)C(C)=C[C@H]4[C@@]3(O)[C@H](C)[C@H]1OC(=O)CC/C=C/CCC(=O)O)C2(C)C. The number of aliphatic hydroxyl groups excluding tert-OH is 1. The lowest BCUT2D eigenvalue weighted by Gasteiger charge is -2.53. The van der Waals surface area contributed by atoms with Crippen LogP contribution in [0.25, 0.3) is 0 Å². The summed E-state index contributed by atoms with van der Waals surface area (Å²) in [5.74, 6) is -5.77. The zero-order valence-electron chi connectivity index (χ0n) is 23.7. The zero-order valence-corrected chi connectivity index (χ0v) is 23.7.